The Balaban J connectivity index is 1.98. The first-order chi connectivity index (χ1) is 10.0. The van der Waals surface area contributed by atoms with Crippen molar-refractivity contribution in [1.29, 1.82) is 0 Å². The van der Waals surface area contributed by atoms with E-state index in [1.54, 1.807) is 0 Å². The lowest BCUT2D eigenvalue weighted by Crippen LogP contribution is -2.45. The monoisotopic (exact) mass is 311 g/mol. The summed E-state index contributed by atoms with van der Waals surface area (Å²) in [5.74, 6) is 0. The smallest absolute Gasteiger partial charge is 0.315 e. The fourth-order valence-electron chi connectivity index (χ4n) is 2.33. The van der Waals surface area contributed by atoms with Crippen LogP contribution in [0.25, 0.3) is 0 Å². The second-order valence-corrected chi connectivity index (χ2v) is 5.98. The van der Waals surface area contributed by atoms with E-state index in [0.717, 1.165) is 18.5 Å². The normalized spacial score (nSPS) is 19.5. The molecule has 5 nitrogen and oxygen atoms in total. The van der Waals surface area contributed by atoms with Crippen LogP contribution < -0.4 is 10.6 Å². The van der Waals surface area contributed by atoms with Crippen LogP contribution in [-0.4, -0.2) is 50.8 Å². The van der Waals surface area contributed by atoms with Crippen LogP contribution in [-0.2, 0) is 4.74 Å². The number of nitrogens with one attached hydrogen (secondary N) is 2. The number of carbonyl (C=O) groups is 1. The highest BCUT2D eigenvalue weighted by atomic mass is 35.5. The number of ether oxygens (including phenoxy) is 1. The van der Waals surface area contributed by atoms with Gasteiger partial charge in [0.1, 0.15) is 0 Å². The predicted molar refractivity (Wildman–Crippen MR) is 83.6 cm³/mol. The first-order valence-electron chi connectivity index (χ1n) is 7.09. The molecule has 1 heterocycles. The molecule has 0 spiro atoms. The maximum absolute atomic E-state index is 12.1. The van der Waals surface area contributed by atoms with E-state index < -0.39 is 0 Å². The highest BCUT2D eigenvalue weighted by Gasteiger charge is 2.20. The van der Waals surface area contributed by atoms with Gasteiger partial charge in [0.25, 0.3) is 0 Å². The second kappa shape index (κ2) is 7.64. The van der Waals surface area contributed by atoms with Gasteiger partial charge in [-0.3, -0.25) is 0 Å². The minimum Gasteiger partial charge on any atom is -0.379 e. The summed E-state index contributed by atoms with van der Waals surface area (Å²) in [4.78, 5) is 14.1. The van der Waals surface area contributed by atoms with Crippen LogP contribution in [0.15, 0.2) is 24.3 Å². The zero-order chi connectivity index (χ0) is 15.2. The Morgan fingerprint density at radius 1 is 1.43 bits per heavy atom. The highest BCUT2D eigenvalue weighted by Crippen LogP contribution is 2.17. The summed E-state index contributed by atoms with van der Waals surface area (Å²) in [7, 11) is 3.96. The van der Waals surface area contributed by atoms with Crippen LogP contribution in [0.3, 0.4) is 0 Å². The second-order valence-electron chi connectivity index (χ2n) is 5.54. The minimum atomic E-state index is -0.160. The summed E-state index contributed by atoms with van der Waals surface area (Å²) < 4.78 is 5.26. The molecule has 2 rings (SSSR count). The van der Waals surface area contributed by atoms with Crippen molar-refractivity contribution in [1.82, 2.24) is 15.5 Å². The van der Waals surface area contributed by atoms with Crippen LogP contribution in [0.5, 0.6) is 0 Å². The largest absolute Gasteiger partial charge is 0.379 e. The Morgan fingerprint density at radius 2 is 2.14 bits per heavy atom. The third kappa shape index (κ3) is 5.19. The SMILES string of the molecule is CN(C)C[C@H](NC(=O)N[C@H]1CCOC1)c1ccc(Cl)cc1. The molecule has 2 amide bonds. The molecule has 6 heteroatoms. The Hall–Kier alpha value is -1.30. The van der Waals surface area contributed by atoms with Gasteiger partial charge in [-0.25, -0.2) is 4.79 Å². The summed E-state index contributed by atoms with van der Waals surface area (Å²) in [6.45, 7) is 2.02. The van der Waals surface area contributed by atoms with Gasteiger partial charge in [0.2, 0.25) is 0 Å². The molecule has 2 N–H and O–H groups in total. The van der Waals surface area contributed by atoms with E-state index >= 15 is 0 Å². The van der Waals surface area contributed by atoms with E-state index in [4.69, 9.17) is 16.3 Å². The molecular formula is C15H22ClN3O2. The van der Waals surface area contributed by atoms with Crippen LogP contribution >= 0.6 is 11.6 Å². The van der Waals surface area contributed by atoms with E-state index in [1.165, 1.54) is 0 Å². The van der Waals surface area contributed by atoms with Crippen molar-refractivity contribution in [2.45, 2.75) is 18.5 Å². The number of benzene rings is 1. The molecule has 1 aromatic carbocycles. The third-order valence-electron chi connectivity index (χ3n) is 3.39. The lowest BCUT2D eigenvalue weighted by Gasteiger charge is -2.24. The highest BCUT2D eigenvalue weighted by molar-refractivity contribution is 6.30. The van der Waals surface area contributed by atoms with Gasteiger partial charge in [-0.2, -0.15) is 0 Å². The first kappa shape index (κ1) is 16.1. The van der Waals surface area contributed by atoms with E-state index in [-0.39, 0.29) is 18.1 Å². The molecule has 1 aromatic rings. The van der Waals surface area contributed by atoms with Gasteiger partial charge >= 0.3 is 6.03 Å². The molecule has 0 aliphatic carbocycles. The Labute approximate surface area is 130 Å². The lowest BCUT2D eigenvalue weighted by atomic mass is 10.1. The molecular weight excluding hydrogens is 290 g/mol. The standard InChI is InChI=1S/C15H22ClN3O2/c1-19(2)9-14(11-3-5-12(16)6-4-11)18-15(20)17-13-7-8-21-10-13/h3-6,13-14H,7-10H2,1-2H3,(H2,17,18,20)/t13-,14-/m0/s1. The number of nitrogens with zero attached hydrogens (tertiary/aromatic N) is 1. The summed E-state index contributed by atoms with van der Waals surface area (Å²) >= 11 is 5.92. The summed E-state index contributed by atoms with van der Waals surface area (Å²) in [5, 5.41) is 6.65. The van der Waals surface area contributed by atoms with Crippen LogP contribution in [0.1, 0.15) is 18.0 Å². The van der Waals surface area contributed by atoms with Crippen molar-refractivity contribution < 1.29 is 9.53 Å². The Morgan fingerprint density at radius 3 is 2.71 bits per heavy atom. The lowest BCUT2D eigenvalue weighted by molar-refractivity contribution is 0.187. The Bertz CT molecular complexity index is 458. The quantitative estimate of drug-likeness (QED) is 0.875. The maximum atomic E-state index is 12.1. The molecule has 1 aliphatic heterocycles. The number of hydrogen-bond donors (Lipinski definition) is 2. The average Bonchev–Trinajstić information content (AvgIpc) is 2.91. The van der Waals surface area contributed by atoms with Crippen molar-refractivity contribution in [3.8, 4) is 0 Å². The van der Waals surface area contributed by atoms with Crippen LogP contribution in [0.2, 0.25) is 5.02 Å². The molecule has 1 aliphatic rings. The molecule has 1 fully saturated rings. The average molecular weight is 312 g/mol. The topological polar surface area (TPSA) is 53.6 Å². The molecule has 21 heavy (non-hydrogen) atoms. The fraction of sp³-hybridized carbons (Fsp3) is 0.533. The molecule has 0 unspecified atom stereocenters. The Kier molecular flexibility index (Phi) is 5.85. The number of urea groups is 1. The predicted octanol–water partition coefficient (Wildman–Crippen LogP) is 2.03. The van der Waals surface area contributed by atoms with Crippen molar-refractivity contribution in [2.24, 2.45) is 0 Å². The van der Waals surface area contributed by atoms with Crippen molar-refractivity contribution in [3.05, 3.63) is 34.9 Å². The van der Waals surface area contributed by atoms with Crippen LogP contribution in [0, 0.1) is 0 Å². The van der Waals surface area contributed by atoms with E-state index in [2.05, 4.69) is 10.6 Å². The molecule has 0 radical (unpaired) electrons. The minimum absolute atomic E-state index is 0.0837. The van der Waals surface area contributed by atoms with Gasteiger partial charge in [0.05, 0.1) is 18.7 Å². The van der Waals surface area contributed by atoms with Gasteiger partial charge < -0.3 is 20.3 Å². The van der Waals surface area contributed by atoms with Gasteiger partial charge in [0.15, 0.2) is 0 Å². The molecule has 0 bridgehead atoms. The third-order valence-corrected chi connectivity index (χ3v) is 3.64. The van der Waals surface area contributed by atoms with E-state index in [1.807, 2.05) is 43.3 Å². The molecule has 116 valence electrons. The molecule has 2 atom stereocenters. The summed E-state index contributed by atoms with van der Waals surface area (Å²) in [5.41, 5.74) is 1.03. The number of rotatable bonds is 5. The zero-order valence-electron chi connectivity index (χ0n) is 12.4. The van der Waals surface area contributed by atoms with E-state index in [0.29, 0.717) is 18.2 Å². The van der Waals surface area contributed by atoms with Crippen molar-refractivity contribution >= 4 is 17.6 Å². The fourth-order valence-corrected chi connectivity index (χ4v) is 2.45. The van der Waals surface area contributed by atoms with Gasteiger partial charge in [0, 0.05) is 18.2 Å². The van der Waals surface area contributed by atoms with Gasteiger partial charge in [-0.15, -0.1) is 0 Å². The molecule has 0 saturated carbocycles. The number of amides is 2. The van der Waals surface area contributed by atoms with E-state index in [9.17, 15) is 4.79 Å². The zero-order valence-corrected chi connectivity index (χ0v) is 13.2. The van der Waals surface area contributed by atoms with Gasteiger partial charge in [-0.05, 0) is 38.2 Å². The molecule has 0 aromatic heterocycles. The first-order valence-corrected chi connectivity index (χ1v) is 7.47. The molecule has 1 saturated heterocycles. The maximum Gasteiger partial charge on any atom is 0.315 e. The van der Waals surface area contributed by atoms with Crippen LogP contribution in [0.4, 0.5) is 4.79 Å². The van der Waals surface area contributed by atoms with Crippen molar-refractivity contribution in [2.75, 3.05) is 33.9 Å². The number of likely N-dealkylation sites (N-methyl/N-ethyl adjacent to an activating group) is 1. The van der Waals surface area contributed by atoms with Crippen molar-refractivity contribution in [3.63, 3.8) is 0 Å². The summed E-state index contributed by atoms with van der Waals surface area (Å²) in [6, 6.07) is 7.42. The number of carbonyl (C=O) groups excluding carboxylic acids is 1. The number of halogens is 1. The number of hydrogen-bond acceptors (Lipinski definition) is 3. The summed E-state index contributed by atoms with van der Waals surface area (Å²) in [6.07, 6.45) is 0.868. The van der Waals surface area contributed by atoms with Gasteiger partial charge in [-0.1, -0.05) is 23.7 Å².